The number of rotatable bonds is 6. The summed E-state index contributed by atoms with van der Waals surface area (Å²) in [4.78, 5) is 0. The van der Waals surface area contributed by atoms with Gasteiger partial charge in [0.2, 0.25) is 0 Å². The largest absolute Gasteiger partial charge is 0.362 e. The first kappa shape index (κ1) is 11.2. The summed E-state index contributed by atoms with van der Waals surface area (Å²) in [6.45, 7) is 3.06. The van der Waals surface area contributed by atoms with Gasteiger partial charge in [-0.25, -0.2) is 4.74 Å². The van der Waals surface area contributed by atoms with Crippen LogP contribution >= 0.6 is 24.5 Å². The second-order valence-corrected chi connectivity index (χ2v) is 3.63. The third kappa shape index (κ3) is 10.2. The van der Waals surface area contributed by atoms with E-state index in [-0.39, 0.29) is 0 Å². The maximum Gasteiger partial charge on any atom is 0.362 e. The van der Waals surface area contributed by atoms with Crippen LogP contribution in [0.25, 0.3) is 0 Å². The van der Waals surface area contributed by atoms with Crippen LogP contribution in [0, 0.1) is 0 Å². The summed E-state index contributed by atoms with van der Waals surface area (Å²) in [6.07, 6.45) is 5.57. The predicted molar refractivity (Wildman–Crippen MR) is 54.6 cm³/mol. The van der Waals surface area contributed by atoms with Gasteiger partial charge < -0.3 is 0 Å². The third-order valence-corrected chi connectivity index (χ3v) is 2.38. The van der Waals surface area contributed by atoms with E-state index in [0.717, 1.165) is 26.8 Å². The number of nitrogens with one attached hydrogen (secondary N) is 1. The first-order valence-corrected chi connectivity index (χ1v) is 5.89. The Morgan fingerprint density at radius 1 is 1.55 bits per heavy atom. The van der Waals surface area contributed by atoms with E-state index in [9.17, 15) is 0 Å². The third-order valence-electron chi connectivity index (χ3n) is 1.09. The number of unbranched alkanes of at least 4 members (excludes halogenated alkanes) is 2. The van der Waals surface area contributed by atoms with Crippen LogP contribution < -0.4 is 4.74 Å². The average molecular weight is 238 g/mol. The fraction of sp³-hybridized carbons (Fsp3) is 0.857. The van der Waals surface area contributed by atoms with Crippen molar-refractivity contribution in [2.24, 2.45) is 4.76 Å². The van der Waals surface area contributed by atoms with Crippen LogP contribution in [0.5, 0.6) is 0 Å². The molecule has 2 nitrogen and oxygen atoms in total. The Balaban J connectivity index is 3.09. The smallest absolute Gasteiger partial charge is 0.213 e. The molecule has 0 aromatic rings. The lowest BCUT2D eigenvalue weighted by atomic mass is 10.3. The minimum absolute atomic E-state index is 0.985. The van der Waals surface area contributed by atoms with Gasteiger partial charge in [0.15, 0.2) is 0 Å². The highest BCUT2D eigenvalue weighted by atomic mass is 79.9. The number of hydrogen-bond acceptors (Lipinski definition) is 0. The Kier molecular flexibility index (Phi) is 10.5. The van der Waals surface area contributed by atoms with Gasteiger partial charge in [-0.1, -0.05) is 15.9 Å². The standard InChI is InChI=1S/C7H14BrN2P/c1-2-9-11-10-7-5-3-4-6-8/h7H,2-6H2,1H3/p+1. The summed E-state index contributed by atoms with van der Waals surface area (Å²) < 4.78 is 7.26. The van der Waals surface area contributed by atoms with Gasteiger partial charge in [-0.05, 0) is 26.2 Å². The average Bonchev–Trinajstić information content (AvgIpc) is 2.03. The van der Waals surface area contributed by atoms with Gasteiger partial charge in [-0.3, -0.25) is 0 Å². The number of hydrogen-bond donors (Lipinski definition) is 1. The molecule has 0 unspecified atom stereocenters. The molecule has 0 atom stereocenters. The van der Waals surface area contributed by atoms with Crippen LogP contribution in [0.3, 0.4) is 0 Å². The van der Waals surface area contributed by atoms with Gasteiger partial charge in [0.05, 0.1) is 0 Å². The molecule has 0 aliphatic carbocycles. The van der Waals surface area contributed by atoms with E-state index >= 15 is 0 Å². The number of alkyl halides is 1. The minimum atomic E-state index is 0.985. The van der Waals surface area contributed by atoms with Gasteiger partial charge >= 0.3 is 8.52 Å². The van der Waals surface area contributed by atoms with Crippen LogP contribution in [-0.4, -0.2) is 18.1 Å². The lowest BCUT2D eigenvalue weighted by Crippen LogP contribution is -2.60. The van der Waals surface area contributed by atoms with E-state index < -0.39 is 0 Å². The molecule has 0 heterocycles. The zero-order valence-corrected chi connectivity index (χ0v) is 9.37. The molecule has 4 heteroatoms. The molecule has 11 heavy (non-hydrogen) atoms. The van der Waals surface area contributed by atoms with E-state index in [4.69, 9.17) is 0 Å². The van der Waals surface area contributed by atoms with Crippen molar-refractivity contribution >= 4 is 30.7 Å². The SMILES string of the molecule is CC[NH+]=PN=CCCCCBr. The molecule has 0 amide bonds. The molecule has 1 N–H and O–H groups in total. The molecular formula is C7H15BrN2P+. The van der Waals surface area contributed by atoms with Crippen molar-refractivity contribution in [3.05, 3.63) is 0 Å². The first-order valence-electron chi connectivity index (χ1n) is 3.92. The van der Waals surface area contributed by atoms with Gasteiger partial charge in [0, 0.05) is 11.5 Å². The maximum atomic E-state index is 4.15. The Morgan fingerprint density at radius 3 is 3.00 bits per heavy atom. The molecule has 0 aromatic carbocycles. The van der Waals surface area contributed by atoms with Crippen LogP contribution in [0.15, 0.2) is 4.76 Å². The molecule has 0 rings (SSSR count). The van der Waals surface area contributed by atoms with Crippen molar-refractivity contribution in [1.29, 1.82) is 0 Å². The van der Waals surface area contributed by atoms with Crippen molar-refractivity contribution in [2.75, 3.05) is 11.9 Å². The molecule has 0 spiro atoms. The van der Waals surface area contributed by atoms with E-state index in [2.05, 4.69) is 32.4 Å². The summed E-state index contributed by atoms with van der Waals surface area (Å²) in [7, 11) is 0.985. The minimum Gasteiger partial charge on any atom is -0.213 e. The van der Waals surface area contributed by atoms with E-state index in [1.165, 1.54) is 12.8 Å². The second-order valence-electron chi connectivity index (χ2n) is 2.09. The van der Waals surface area contributed by atoms with Crippen molar-refractivity contribution in [1.82, 2.24) is 0 Å². The zero-order valence-electron chi connectivity index (χ0n) is 6.89. The number of nitrogens with zero attached hydrogens (tertiary/aromatic N) is 1. The lowest BCUT2D eigenvalue weighted by molar-refractivity contribution is -0.424. The summed E-state index contributed by atoms with van der Waals surface area (Å²) in [5.41, 5.74) is 0. The van der Waals surface area contributed by atoms with Crippen molar-refractivity contribution in [2.45, 2.75) is 26.2 Å². The predicted octanol–water partition coefficient (Wildman–Crippen LogP) is 1.77. The van der Waals surface area contributed by atoms with E-state index in [0.29, 0.717) is 0 Å². The Bertz CT molecular complexity index is 126. The summed E-state index contributed by atoms with van der Waals surface area (Å²) in [5.74, 6) is 0. The second kappa shape index (κ2) is 10.2. The monoisotopic (exact) mass is 237 g/mol. The van der Waals surface area contributed by atoms with Crippen molar-refractivity contribution < 1.29 is 4.74 Å². The van der Waals surface area contributed by atoms with E-state index in [1.54, 1.807) is 0 Å². The molecule has 0 saturated heterocycles. The van der Waals surface area contributed by atoms with Crippen LogP contribution in [0.4, 0.5) is 0 Å². The quantitative estimate of drug-likeness (QED) is 0.316. The Morgan fingerprint density at radius 2 is 2.36 bits per heavy atom. The number of halogens is 1. The molecule has 0 aromatic heterocycles. The van der Waals surface area contributed by atoms with Crippen LogP contribution in [0.1, 0.15) is 26.2 Å². The first-order chi connectivity index (χ1) is 5.41. The summed E-state index contributed by atoms with van der Waals surface area (Å²) in [5, 5.41) is 1.10. The molecule has 0 aliphatic heterocycles. The summed E-state index contributed by atoms with van der Waals surface area (Å²) in [6, 6.07) is 0. The highest BCUT2D eigenvalue weighted by Crippen LogP contribution is 1.97. The van der Waals surface area contributed by atoms with Crippen molar-refractivity contribution in [3.63, 3.8) is 0 Å². The lowest BCUT2D eigenvalue weighted by Gasteiger charge is -1.86. The topological polar surface area (TPSA) is 26.3 Å². The molecule has 0 radical (unpaired) electrons. The maximum absolute atomic E-state index is 4.15. The van der Waals surface area contributed by atoms with Gasteiger partial charge in [0.25, 0.3) is 0 Å². The molecule has 0 aliphatic rings. The van der Waals surface area contributed by atoms with Crippen LogP contribution in [-0.2, 0) is 0 Å². The van der Waals surface area contributed by atoms with Gasteiger partial charge in [-0.2, -0.15) is 4.76 Å². The Labute approximate surface area is 78.6 Å². The zero-order chi connectivity index (χ0) is 8.36. The molecule has 0 bridgehead atoms. The van der Waals surface area contributed by atoms with Crippen molar-refractivity contribution in [3.8, 4) is 0 Å². The fourth-order valence-corrected chi connectivity index (χ4v) is 1.36. The summed E-state index contributed by atoms with van der Waals surface area (Å²) >= 11 is 3.38. The molecular weight excluding hydrogens is 223 g/mol. The highest BCUT2D eigenvalue weighted by Gasteiger charge is 1.82. The highest BCUT2D eigenvalue weighted by molar-refractivity contribution is 9.09. The van der Waals surface area contributed by atoms with Gasteiger partial charge in [-0.15, -0.1) is 0 Å². The van der Waals surface area contributed by atoms with E-state index in [1.807, 2.05) is 6.21 Å². The molecule has 0 fully saturated rings. The molecule has 0 saturated carbocycles. The molecule has 64 valence electrons. The fourth-order valence-electron chi connectivity index (χ4n) is 0.540. The normalized spacial score (nSPS) is 11.8. The van der Waals surface area contributed by atoms with Crippen LogP contribution in [0.2, 0.25) is 0 Å². The Hall–Kier alpha value is 0.250. The van der Waals surface area contributed by atoms with Gasteiger partial charge in [0.1, 0.15) is 6.54 Å².